The zero-order valence-corrected chi connectivity index (χ0v) is 40.3. The molecular formula is C50H93NO8P+. The Morgan fingerprint density at radius 1 is 0.517 bits per heavy atom. The summed E-state index contributed by atoms with van der Waals surface area (Å²) in [4.78, 5) is 35.5. The van der Waals surface area contributed by atoms with Crippen LogP contribution in [-0.4, -0.2) is 74.9 Å². The zero-order chi connectivity index (χ0) is 44.3. The second-order valence-corrected chi connectivity index (χ2v) is 18.9. The average molecular weight is 867 g/mol. The van der Waals surface area contributed by atoms with E-state index in [1.54, 1.807) is 0 Å². The molecule has 0 aromatic rings. The molecule has 10 heteroatoms. The standard InChI is InChI=1S/C50H92NO8P/c1-6-8-10-12-14-16-18-20-22-24-25-27-29-31-33-35-37-39-41-43-50(53)59-48(47-58-60(54,55)57-45-44-51(3,4)5)46-56-49(52)42-40-38-36-34-32-30-28-26-23-21-19-17-15-13-11-9-7-2/h15,17,20-23,28,30,48H,6-14,16,18-19,24-27,29,31-47H2,1-5H3/p+1/b17-15+,22-20+,23-21+,30-28+/t48-/m1/s1. The van der Waals surface area contributed by atoms with Crippen molar-refractivity contribution in [2.75, 3.05) is 47.5 Å². The highest BCUT2D eigenvalue weighted by Crippen LogP contribution is 2.43. The lowest BCUT2D eigenvalue weighted by Crippen LogP contribution is -2.37. The number of phosphoric acid groups is 1. The molecule has 0 aromatic heterocycles. The molecule has 0 heterocycles. The van der Waals surface area contributed by atoms with Crippen molar-refractivity contribution in [3.63, 3.8) is 0 Å². The number of carbonyl (C=O) groups is 2. The van der Waals surface area contributed by atoms with Crippen LogP contribution in [0.5, 0.6) is 0 Å². The van der Waals surface area contributed by atoms with Gasteiger partial charge in [0.15, 0.2) is 6.10 Å². The summed E-state index contributed by atoms with van der Waals surface area (Å²) in [6.07, 6.45) is 50.1. The molecule has 0 aliphatic carbocycles. The number of phosphoric ester groups is 1. The summed E-state index contributed by atoms with van der Waals surface area (Å²) in [5, 5.41) is 0. The Balaban J connectivity index is 4.33. The van der Waals surface area contributed by atoms with Gasteiger partial charge in [-0.25, -0.2) is 4.57 Å². The van der Waals surface area contributed by atoms with Crippen LogP contribution < -0.4 is 0 Å². The Kier molecular flexibility index (Phi) is 40.8. The molecule has 0 rings (SSSR count). The maximum atomic E-state index is 12.7. The topological polar surface area (TPSA) is 108 Å². The van der Waals surface area contributed by atoms with Crippen LogP contribution in [0.25, 0.3) is 0 Å². The molecule has 0 radical (unpaired) electrons. The van der Waals surface area contributed by atoms with Crippen LogP contribution in [0.1, 0.15) is 206 Å². The van der Waals surface area contributed by atoms with Gasteiger partial charge in [-0.1, -0.05) is 165 Å². The second-order valence-electron chi connectivity index (χ2n) is 17.5. The van der Waals surface area contributed by atoms with E-state index in [-0.39, 0.29) is 32.0 Å². The molecule has 60 heavy (non-hydrogen) atoms. The van der Waals surface area contributed by atoms with E-state index in [0.717, 1.165) is 57.8 Å². The highest BCUT2D eigenvalue weighted by Gasteiger charge is 2.27. The molecule has 0 spiro atoms. The molecular weight excluding hydrogens is 774 g/mol. The lowest BCUT2D eigenvalue weighted by Gasteiger charge is -2.24. The van der Waals surface area contributed by atoms with E-state index < -0.39 is 26.5 Å². The van der Waals surface area contributed by atoms with Crippen LogP contribution in [0.3, 0.4) is 0 Å². The molecule has 0 aliphatic rings. The van der Waals surface area contributed by atoms with Crippen molar-refractivity contribution < 1.29 is 42.1 Å². The number of ether oxygens (including phenoxy) is 2. The third-order valence-corrected chi connectivity index (χ3v) is 11.3. The molecule has 2 atom stereocenters. The molecule has 350 valence electrons. The van der Waals surface area contributed by atoms with Crippen molar-refractivity contribution in [3.05, 3.63) is 48.6 Å². The third kappa shape index (κ3) is 45.5. The number of hydrogen-bond acceptors (Lipinski definition) is 7. The van der Waals surface area contributed by atoms with Gasteiger partial charge in [-0.2, -0.15) is 0 Å². The Morgan fingerprint density at radius 3 is 1.38 bits per heavy atom. The number of likely N-dealkylation sites (N-methyl/N-ethyl adjacent to an activating group) is 1. The number of rotatable bonds is 44. The van der Waals surface area contributed by atoms with E-state index >= 15 is 0 Å². The van der Waals surface area contributed by atoms with Gasteiger partial charge in [0, 0.05) is 12.8 Å². The third-order valence-electron chi connectivity index (χ3n) is 10.3. The Hall–Kier alpha value is -2.03. The first-order valence-corrected chi connectivity index (χ1v) is 25.9. The van der Waals surface area contributed by atoms with Crippen molar-refractivity contribution >= 4 is 19.8 Å². The largest absolute Gasteiger partial charge is 0.472 e. The van der Waals surface area contributed by atoms with Crippen LogP contribution in [0.15, 0.2) is 48.6 Å². The van der Waals surface area contributed by atoms with E-state index in [9.17, 15) is 19.0 Å². The van der Waals surface area contributed by atoms with Gasteiger partial charge < -0.3 is 18.9 Å². The SMILES string of the molecule is CCCCC/C=C/C/C=C/C/C=C/CCCCCCC(=O)OC[C@H](COP(=O)(O)OCC[N+](C)(C)C)OC(=O)CCCCCCCCCCC/C=C/CCCCCCCC. The summed E-state index contributed by atoms with van der Waals surface area (Å²) in [6, 6.07) is 0. The minimum atomic E-state index is -4.38. The molecule has 1 unspecified atom stereocenters. The van der Waals surface area contributed by atoms with Crippen LogP contribution in [0, 0.1) is 0 Å². The lowest BCUT2D eigenvalue weighted by molar-refractivity contribution is -0.870. The zero-order valence-electron chi connectivity index (χ0n) is 39.4. The Morgan fingerprint density at radius 2 is 0.900 bits per heavy atom. The predicted octanol–water partition coefficient (Wildman–Crippen LogP) is 14.2. The van der Waals surface area contributed by atoms with Crippen LogP contribution in [0.2, 0.25) is 0 Å². The first kappa shape index (κ1) is 58.0. The van der Waals surface area contributed by atoms with Gasteiger partial charge in [0.1, 0.15) is 19.8 Å². The summed E-state index contributed by atoms with van der Waals surface area (Å²) in [7, 11) is 1.46. The van der Waals surface area contributed by atoms with Crippen LogP contribution in [-0.2, 0) is 32.7 Å². The normalized spacial score (nSPS) is 13.9. The highest BCUT2D eigenvalue weighted by atomic mass is 31.2. The molecule has 0 aliphatic heterocycles. The summed E-state index contributed by atoms with van der Waals surface area (Å²) in [5.41, 5.74) is 0. The van der Waals surface area contributed by atoms with E-state index in [4.69, 9.17) is 18.5 Å². The predicted molar refractivity (Wildman–Crippen MR) is 252 cm³/mol. The van der Waals surface area contributed by atoms with E-state index in [0.29, 0.717) is 23.9 Å². The number of unbranched alkanes of at least 4 members (excludes halogenated alkanes) is 22. The summed E-state index contributed by atoms with van der Waals surface area (Å²) < 4.78 is 34.4. The highest BCUT2D eigenvalue weighted by molar-refractivity contribution is 7.47. The Bertz CT molecular complexity index is 1160. The fourth-order valence-corrected chi connectivity index (χ4v) is 7.23. The molecule has 0 amide bonds. The number of hydrogen-bond donors (Lipinski definition) is 1. The number of esters is 2. The quantitative estimate of drug-likeness (QED) is 0.0212. The number of nitrogens with zero attached hydrogens (tertiary/aromatic N) is 1. The van der Waals surface area contributed by atoms with Crippen molar-refractivity contribution in [2.45, 2.75) is 213 Å². The number of allylic oxidation sites excluding steroid dienone is 8. The van der Waals surface area contributed by atoms with E-state index in [1.807, 2.05) is 21.1 Å². The van der Waals surface area contributed by atoms with Gasteiger partial charge in [0.05, 0.1) is 27.7 Å². The van der Waals surface area contributed by atoms with Crippen LogP contribution in [0.4, 0.5) is 0 Å². The van der Waals surface area contributed by atoms with Gasteiger partial charge in [-0.05, 0) is 77.0 Å². The molecule has 1 N–H and O–H groups in total. The fraction of sp³-hybridized carbons (Fsp3) is 0.800. The van der Waals surface area contributed by atoms with Gasteiger partial charge >= 0.3 is 19.8 Å². The van der Waals surface area contributed by atoms with E-state index in [1.165, 1.54) is 109 Å². The molecule has 0 saturated heterocycles. The monoisotopic (exact) mass is 867 g/mol. The summed E-state index contributed by atoms with van der Waals surface area (Å²) in [6.45, 7) is 4.37. The maximum Gasteiger partial charge on any atom is 0.472 e. The van der Waals surface area contributed by atoms with Gasteiger partial charge in [0.25, 0.3) is 0 Å². The van der Waals surface area contributed by atoms with Gasteiger partial charge in [-0.3, -0.25) is 18.6 Å². The molecule has 9 nitrogen and oxygen atoms in total. The summed E-state index contributed by atoms with van der Waals surface area (Å²) >= 11 is 0. The number of carbonyl (C=O) groups excluding carboxylic acids is 2. The van der Waals surface area contributed by atoms with Gasteiger partial charge in [0.2, 0.25) is 0 Å². The van der Waals surface area contributed by atoms with Crippen molar-refractivity contribution in [1.29, 1.82) is 0 Å². The first-order valence-electron chi connectivity index (χ1n) is 24.4. The van der Waals surface area contributed by atoms with Crippen molar-refractivity contribution in [1.82, 2.24) is 0 Å². The Labute approximate surface area is 369 Å². The second kappa shape index (κ2) is 42.3. The molecule has 0 saturated carbocycles. The van der Waals surface area contributed by atoms with Crippen LogP contribution >= 0.6 is 7.82 Å². The van der Waals surface area contributed by atoms with Crippen molar-refractivity contribution in [3.8, 4) is 0 Å². The number of quaternary nitrogens is 1. The molecule has 0 aromatic carbocycles. The first-order chi connectivity index (χ1) is 29.0. The molecule has 0 bridgehead atoms. The van der Waals surface area contributed by atoms with Gasteiger partial charge in [-0.15, -0.1) is 0 Å². The molecule has 0 fully saturated rings. The minimum Gasteiger partial charge on any atom is -0.462 e. The summed E-state index contributed by atoms with van der Waals surface area (Å²) in [5.74, 6) is -0.824. The minimum absolute atomic E-state index is 0.0265. The fourth-order valence-electron chi connectivity index (χ4n) is 6.49. The lowest BCUT2D eigenvalue weighted by atomic mass is 10.1. The maximum absolute atomic E-state index is 12.7. The van der Waals surface area contributed by atoms with E-state index in [2.05, 4.69) is 62.5 Å². The average Bonchev–Trinajstić information content (AvgIpc) is 3.20. The van der Waals surface area contributed by atoms with Crippen molar-refractivity contribution in [2.24, 2.45) is 0 Å². The smallest absolute Gasteiger partial charge is 0.462 e.